The maximum absolute atomic E-state index is 12.5. The molecule has 118 valence electrons. The van der Waals surface area contributed by atoms with Gasteiger partial charge in [-0.1, -0.05) is 12.1 Å². The van der Waals surface area contributed by atoms with Gasteiger partial charge >= 0.3 is 5.97 Å². The van der Waals surface area contributed by atoms with E-state index >= 15 is 0 Å². The van der Waals surface area contributed by atoms with Crippen LogP contribution in [0.25, 0.3) is 0 Å². The van der Waals surface area contributed by atoms with Crippen LogP contribution in [-0.2, 0) is 28.3 Å². The van der Waals surface area contributed by atoms with Crippen LogP contribution in [0.1, 0.15) is 12.0 Å². The van der Waals surface area contributed by atoms with Gasteiger partial charge in [0.05, 0.1) is 12.0 Å². The fourth-order valence-electron chi connectivity index (χ4n) is 1.96. The van der Waals surface area contributed by atoms with E-state index in [0.717, 1.165) is 9.87 Å². The van der Waals surface area contributed by atoms with Crippen LogP contribution in [0.2, 0.25) is 0 Å². The summed E-state index contributed by atoms with van der Waals surface area (Å²) in [6.45, 7) is 0. The van der Waals surface area contributed by atoms with Crippen LogP contribution in [0.4, 0.5) is 5.69 Å². The summed E-state index contributed by atoms with van der Waals surface area (Å²) >= 11 is 0. The van der Waals surface area contributed by atoms with Crippen molar-refractivity contribution in [3.05, 3.63) is 42.4 Å². The number of aryl methyl sites for hydroxylation is 2. The zero-order chi connectivity index (χ0) is 16.3. The summed E-state index contributed by atoms with van der Waals surface area (Å²) in [5.74, 6) is -0.889. The molecular weight excluding hydrogens is 306 g/mol. The molecule has 7 nitrogen and oxygen atoms in total. The Labute approximate surface area is 128 Å². The van der Waals surface area contributed by atoms with Crippen LogP contribution in [0.5, 0.6) is 0 Å². The molecule has 0 aliphatic rings. The zero-order valence-corrected chi connectivity index (χ0v) is 13.1. The molecule has 8 heteroatoms. The Hall–Kier alpha value is -2.35. The molecule has 1 aromatic carbocycles. The molecule has 2 rings (SSSR count). The average Bonchev–Trinajstić information content (AvgIpc) is 2.92. The van der Waals surface area contributed by atoms with Crippen LogP contribution < -0.4 is 4.31 Å². The predicted octanol–water partition coefficient (Wildman–Crippen LogP) is 1.26. The molecule has 1 heterocycles. The second kappa shape index (κ2) is 6.18. The Bertz CT molecular complexity index is 783. The SMILES string of the molecule is CN(c1cccc(CCC(=O)O)c1)S(=O)(=O)c1cn(C)cn1. The number of hydrogen-bond acceptors (Lipinski definition) is 4. The number of nitrogens with zero attached hydrogens (tertiary/aromatic N) is 3. The van der Waals surface area contributed by atoms with E-state index in [-0.39, 0.29) is 11.4 Å². The van der Waals surface area contributed by atoms with Gasteiger partial charge in [0.1, 0.15) is 0 Å². The van der Waals surface area contributed by atoms with E-state index in [1.165, 1.54) is 19.6 Å². The number of carboxylic acid groups (broad SMARTS) is 1. The van der Waals surface area contributed by atoms with E-state index in [4.69, 9.17) is 5.11 Å². The van der Waals surface area contributed by atoms with Gasteiger partial charge in [0, 0.05) is 26.7 Å². The van der Waals surface area contributed by atoms with Crippen molar-refractivity contribution in [3.8, 4) is 0 Å². The van der Waals surface area contributed by atoms with Gasteiger partial charge in [-0.3, -0.25) is 9.10 Å². The molecule has 0 fully saturated rings. The van der Waals surface area contributed by atoms with Crippen molar-refractivity contribution in [2.24, 2.45) is 7.05 Å². The molecule has 0 saturated heterocycles. The highest BCUT2D eigenvalue weighted by molar-refractivity contribution is 7.92. The predicted molar refractivity (Wildman–Crippen MR) is 81.2 cm³/mol. The van der Waals surface area contributed by atoms with Crippen molar-refractivity contribution < 1.29 is 18.3 Å². The molecule has 0 atom stereocenters. The molecule has 0 bridgehead atoms. The lowest BCUT2D eigenvalue weighted by Gasteiger charge is -2.18. The Morgan fingerprint density at radius 2 is 2.14 bits per heavy atom. The van der Waals surface area contributed by atoms with Crippen molar-refractivity contribution >= 4 is 21.7 Å². The van der Waals surface area contributed by atoms with E-state index in [0.29, 0.717) is 12.1 Å². The first-order valence-electron chi connectivity index (χ1n) is 6.58. The van der Waals surface area contributed by atoms with E-state index in [9.17, 15) is 13.2 Å². The monoisotopic (exact) mass is 323 g/mol. The third-order valence-electron chi connectivity index (χ3n) is 3.21. The molecule has 0 aliphatic heterocycles. The highest BCUT2D eigenvalue weighted by Gasteiger charge is 2.23. The van der Waals surface area contributed by atoms with E-state index in [1.807, 2.05) is 0 Å². The highest BCUT2D eigenvalue weighted by Crippen LogP contribution is 2.22. The summed E-state index contributed by atoms with van der Waals surface area (Å²) in [5.41, 5.74) is 1.23. The first-order valence-corrected chi connectivity index (χ1v) is 8.02. The summed E-state index contributed by atoms with van der Waals surface area (Å²) in [4.78, 5) is 14.5. The zero-order valence-electron chi connectivity index (χ0n) is 12.3. The van der Waals surface area contributed by atoms with Crippen molar-refractivity contribution in [2.75, 3.05) is 11.4 Å². The highest BCUT2D eigenvalue weighted by atomic mass is 32.2. The number of hydrogen-bond donors (Lipinski definition) is 1. The van der Waals surface area contributed by atoms with Crippen molar-refractivity contribution in [1.82, 2.24) is 9.55 Å². The lowest BCUT2D eigenvalue weighted by molar-refractivity contribution is -0.136. The largest absolute Gasteiger partial charge is 0.481 e. The third kappa shape index (κ3) is 3.45. The van der Waals surface area contributed by atoms with Crippen molar-refractivity contribution in [3.63, 3.8) is 0 Å². The number of carbonyl (C=O) groups is 1. The van der Waals surface area contributed by atoms with Crippen LogP contribution in [0.3, 0.4) is 0 Å². The summed E-state index contributed by atoms with van der Waals surface area (Å²) in [6.07, 6.45) is 3.20. The first-order chi connectivity index (χ1) is 10.3. The van der Waals surface area contributed by atoms with Gasteiger partial charge in [0.15, 0.2) is 5.03 Å². The van der Waals surface area contributed by atoms with E-state index < -0.39 is 16.0 Å². The average molecular weight is 323 g/mol. The molecule has 22 heavy (non-hydrogen) atoms. The minimum atomic E-state index is -3.73. The topological polar surface area (TPSA) is 92.5 Å². The number of anilines is 1. The fraction of sp³-hybridized carbons (Fsp3) is 0.286. The summed E-state index contributed by atoms with van der Waals surface area (Å²) in [7, 11) is -0.596. The second-order valence-corrected chi connectivity index (χ2v) is 6.83. The normalized spacial score (nSPS) is 11.4. The Kier molecular flexibility index (Phi) is 4.51. The Balaban J connectivity index is 2.27. The quantitative estimate of drug-likeness (QED) is 0.864. The number of rotatable bonds is 6. The Morgan fingerprint density at radius 3 is 2.73 bits per heavy atom. The first kappa shape index (κ1) is 16.0. The van der Waals surface area contributed by atoms with Gasteiger partial charge in [0.2, 0.25) is 0 Å². The van der Waals surface area contributed by atoms with Gasteiger partial charge in [-0.2, -0.15) is 8.42 Å². The summed E-state index contributed by atoms with van der Waals surface area (Å²) in [6, 6.07) is 6.80. The smallest absolute Gasteiger partial charge is 0.303 e. The van der Waals surface area contributed by atoms with Crippen LogP contribution >= 0.6 is 0 Å². The van der Waals surface area contributed by atoms with Crippen LogP contribution in [-0.4, -0.2) is 36.1 Å². The lowest BCUT2D eigenvalue weighted by Crippen LogP contribution is -2.27. The van der Waals surface area contributed by atoms with Gasteiger partial charge in [0.25, 0.3) is 10.0 Å². The van der Waals surface area contributed by atoms with E-state index in [2.05, 4.69) is 4.98 Å². The number of sulfonamides is 1. The molecule has 1 N–H and O–H groups in total. The minimum absolute atomic E-state index is 0.000157. The van der Waals surface area contributed by atoms with Gasteiger partial charge in [-0.25, -0.2) is 4.98 Å². The molecule has 2 aromatic rings. The number of aromatic nitrogens is 2. The molecule has 0 spiro atoms. The molecule has 0 unspecified atom stereocenters. The fourth-order valence-corrected chi connectivity index (χ4v) is 3.11. The van der Waals surface area contributed by atoms with Crippen LogP contribution in [0.15, 0.2) is 41.8 Å². The van der Waals surface area contributed by atoms with Crippen LogP contribution in [0, 0.1) is 0 Å². The lowest BCUT2D eigenvalue weighted by atomic mass is 10.1. The van der Waals surface area contributed by atoms with Crippen molar-refractivity contribution in [1.29, 1.82) is 0 Å². The summed E-state index contributed by atoms with van der Waals surface area (Å²) < 4.78 is 27.7. The second-order valence-electron chi connectivity index (χ2n) is 4.91. The number of carboxylic acids is 1. The third-order valence-corrected chi connectivity index (χ3v) is 4.88. The standard InChI is InChI=1S/C14H17N3O4S/c1-16-9-13(15-10-16)22(20,21)17(2)12-5-3-4-11(8-12)6-7-14(18)19/h3-5,8-10H,6-7H2,1-2H3,(H,18,19). The van der Waals surface area contributed by atoms with Gasteiger partial charge in [-0.15, -0.1) is 0 Å². The molecule has 1 aromatic heterocycles. The maximum atomic E-state index is 12.5. The van der Waals surface area contributed by atoms with Gasteiger partial charge < -0.3 is 9.67 Å². The number of imidazole rings is 1. The summed E-state index contributed by atoms with van der Waals surface area (Å²) in [5, 5.41) is 8.68. The minimum Gasteiger partial charge on any atom is -0.481 e. The van der Waals surface area contributed by atoms with Gasteiger partial charge in [-0.05, 0) is 24.1 Å². The van der Waals surface area contributed by atoms with Crippen molar-refractivity contribution in [2.45, 2.75) is 17.9 Å². The molecule has 0 amide bonds. The molecule has 0 radical (unpaired) electrons. The maximum Gasteiger partial charge on any atom is 0.303 e. The molecule has 0 saturated carbocycles. The molecule has 0 aliphatic carbocycles. The molecular formula is C14H17N3O4S. The number of benzene rings is 1. The number of aliphatic carboxylic acids is 1. The Morgan fingerprint density at radius 1 is 1.41 bits per heavy atom. The van der Waals surface area contributed by atoms with E-state index in [1.54, 1.807) is 35.9 Å².